The number of ether oxygens (including phenoxy) is 2. The number of carbonyl (C=O) groups excluding carboxylic acids is 1. The number of carbonyl (C=O) groups is 1. The maximum Gasteiger partial charge on any atom is 0.246 e. The van der Waals surface area contributed by atoms with E-state index in [1.807, 2.05) is 6.92 Å². The second-order valence-electron chi connectivity index (χ2n) is 6.81. The molecule has 0 saturated carbocycles. The molecule has 1 amide bonds. The minimum Gasteiger partial charge on any atom is -0.492 e. The Labute approximate surface area is 172 Å². The molecule has 2 heterocycles. The van der Waals surface area contributed by atoms with Crippen LogP contribution >= 0.6 is 12.4 Å². The number of rotatable bonds is 7. The van der Waals surface area contributed by atoms with Gasteiger partial charge in [0.25, 0.3) is 0 Å². The van der Waals surface area contributed by atoms with Gasteiger partial charge >= 0.3 is 0 Å². The fraction of sp³-hybridized carbons (Fsp3) is 0.611. The summed E-state index contributed by atoms with van der Waals surface area (Å²) in [6.07, 6.45) is 0. The Morgan fingerprint density at radius 1 is 1.36 bits per heavy atom. The van der Waals surface area contributed by atoms with Crippen molar-refractivity contribution in [3.63, 3.8) is 0 Å². The fourth-order valence-electron chi connectivity index (χ4n) is 3.12. The van der Waals surface area contributed by atoms with Crippen LogP contribution in [0.3, 0.4) is 0 Å². The average molecular weight is 434 g/mol. The predicted octanol–water partition coefficient (Wildman–Crippen LogP) is 1.32. The van der Waals surface area contributed by atoms with Crippen molar-refractivity contribution in [2.24, 2.45) is 11.8 Å². The molecule has 0 bridgehead atoms. The Balaban J connectivity index is 0.00000280. The number of halogens is 1. The van der Waals surface area contributed by atoms with Crippen LogP contribution in [0.25, 0.3) is 0 Å². The van der Waals surface area contributed by atoms with Crippen LogP contribution in [-0.4, -0.2) is 64.6 Å². The average Bonchev–Trinajstić information content (AvgIpc) is 2.62. The summed E-state index contributed by atoms with van der Waals surface area (Å²) in [6, 6.07) is 4.76. The molecule has 0 spiro atoms. The summed E-state index contributed by atoms with van der Waals surface area (Å²) >= 11 is 0. The van der Waals surface area contributed by atoms with E-state index >= 15 is 0 Å². The molecule has 8 nitrogen and oxygen atoms in total. The van der Waals surface area contributed by atoms with Gasteiger partial charge in [-0.05, 0) is 44.1 Å². The Morgan fingerprint density at radius 2 is 2.04 bits per heavy atom. The third-order valence-corrected chi connectivity index (χ3v) is 6.95. The SMILES string of the molecule is CCOc1ccc(NC(=O)C(C)C2CNC2)cc1S(=O)(=O)N1CCOCC1.Cl. The summed E-state index contributed by atoms with van der Waals surface area (Å²) in [4.78, 5) is 12.5. The molecule has 28 heavy (non-hydrogen) atoms. The lowest BCUT2D eigenvalue weighted by Gasteiger charge is -2.31. The minimum atomic E-state index is -3.74. The number of sulfonamides is 1. The van der Waals surface area contributed by atoms with Crippen molar-refractivity contribution in [1.82, 2.24) is 9.62 Å². The van der Waals surface area contributed by atoms with Gasteiger partial charge in [-0.25, -0.2) is 8.42 Å². The summed E-state index contributed by atoms with van der Waals surface area (Å²) in [5.74, 6) is 0.347. The highest BCUT2D eigenvalue weighted by Crippen LogP contribution is 2.31. The summed E-state index contributed by atoms with van der Waals surface area (Å²) in [5.41, 5.74) is 0.453. The first-order valence-corrected chi connectivity index (χ1v) is 10.7. The molecule has 1 atom stereocenters. The van der Waals surface area contributed by atoms with Crippen LogP contribution in [0.1, 0.15) is 13.8 Å². The van der Waals surface area contributed by atoms with Gasteiger partial charge in [0.1, 0.15) is 10.6 Å². The van der Waals surface area contributed by atoms with Crippen molar-refractivity contribution < 1.29 is 22.7 Å². The van der Waals surface area contributed by atoms with Crippen molar-refractivity contribution in [2.45, 2.75) is 18.7 Å². The number of hydrogen-bond donors (Lipinski definition) is 2. The van der Waals surface area contributed by atoms with E-state index in [2.05, 4.69) is 10.6 Å². The van der Waals surface area contributed by atoms with Crippen LogP contribution in [0.4, 0.5) is 5.69 Å². The Hall–Kier alpha value is -1.39. The zero-order valence-corrected chi connectivity index (χ0v) is 17.8. The van der Waals surface area contributed by atoms with E-state index in [1.165, 1.54) is 10.4 Å². The Kier molecular flexibility index (Phi) is 8.08. The molecule has 1 aromatic carbocycles. The molecule has 2 aliphatic heterocycles. The Bertz CT molecular complexity index is 779. The maximum atomic E-state index is 13.1. The second-order valence-corrected chi connectivity index (χ2v) is 8.71. The lowest BCUT2D eigenvalue weighted by molar-refractivity contribution is -0.121. The monoisotopic (exact) mass is 433 g/mol. The molecule has 2 saturated heterocycles. The van der Waals surface area contributed by atoms with Gasteiger partial charge in [0, 0.05) is 24.7 Å². The molecule has 0 radical (unpaired) electrons. The smallest absolute Gasteiger partial charge is 0.246 e. The highest BCUT2D eigenvalue weighted by molar-refractivity contribution is 7.89. The molecule has 1 aromatic rings. The predicted molar refractivity (Wildman–Crippen MR) is 109 cm³/mol. The highest BCUT2D eigenvalue weighted by Gasteiger charge is 2.31. The third kappa shape index (κ3) is 4.96. The van der Waals surface area contributed by atoms with Crippen LogP contribution in [0.2, 0.25) is 0 Å². The van der Waals surface area contributed by atoms with Gasteiger partial charge in [-0.15, -0.1) is 12.4 Å². The van der Waals surface area contributed by atoms with Gasteiger partial charge < -0.3 is 20.1 Å². The van der Waals surface area contributed by atoms with Crippen molar-refractivity contribution in [1.29, 1.82) is 0 Å². The molecular formula is C18H28ClN3O5S. The topological polar surface area (TPSA) is 97.0 Å². The van der Waals surface area contributed by atoms with E-state index in [9.17, 15) is 13.2 Å². The highest BCUT2D eigenvalue weighted by atomic mass is 35.5. The van der Waals surface area contributed by atoms with Crippen LogP contribution in [-0.2, 0) is 19.6 Å². The zero-order valence-electron chi connectivity index (χ0n) is 16.1. The molecule has 3 rings (SSSR count). The van der Waals surface area contributed by atoms with E-state index < -0.39 is 10.0 Å². The fourth-order valence-corrected chi connectivity index (χ4v) is 4.69. The first kappa shape index (κ1) is 22.9. The number of amides is 1. The van der Waals surface area contributed by atoms with E-state index in [-0.39, 0.29) is 29.1 Å². The van der Waals surface area contributed by atoms with E-state index in [0.717, 1.165) is 13.1 Å². The van der Waals surface area contributed by atoms with Crippen molar-refractivity contribution in [3.05, 3.63) is 18.2 Å². The minimum absolute atomic E-state index is 0. The number of morpholine rings is 1. The lowest BCUT2D eigenvalue weighted by atomic mass is 9.88. The molecule has 2 N–H and O–H groups in total. The van der Waals surface area contributed by atoms with Gasteiger partial charge in [0.2, 0.25) is 15.9 Å². The van der Waals surface area contributed by atoms with Crippen LogP contribution in [0.15, 0.2) is 23.1 Å². The molecular weight excluding hydrogens is 406 g/mol. The number of hydrogen-bond acceptors (Lipinski definition) is 6. The molecule has 158 valence electrons. The number of nitrogens with zero attached hydrogens (tertiary/aromatic N) is 1. The number of nitrogens with one attached hydrogen (secondary N) is 2. The van der Waals surface area contributed by atoms with Crippen molar-refractivity contribution >= 4 is 34.0 Å². The van der Waals surface area contributed by atoms with Crippen LogP contribution in [0.5, 0.6) is 5.75 Å². The Morgan fingerprint density at radius 3 is 2.61 bits per heavy atom. The van der Waals surface area contributed by atoms with Crippen molar-refractivity contribution in [3.8, 4) is 5.75 Å². The molecule has 10 heteroatoms. The lowest BCUT2D eigenvalue weighted by Crippen LogP contribution is -2.48. The summed E-state index contributed by atoms with van der Waals surface area (Å²) in [7, 11) is -3.74. The molecule has 0 aliphatic carbocycles. The second kappa shape index (κ2) is 9.89. The van der Waals surface area contributed by atoms with Gasteiger partial charge in [0.15, 0.2) is 0 Å². The third-order valence-electron chi connectivity index (χ3n) is 5.03. The van der Waals surface area contributed by atoms with E-state index in [4.69, 9.17) is 9.47 Å². The number of anilines is 1. The van der Waals surface area contributed by atoms with Gasteiger partial charge in [-0.2, -0.15) is 4.31 Å². The van der Waals surface area contributed by atoms with E-state index in [1.54, 1.807) is 19.1 Å². The zero-order chi connectivity index (χ0) is 19.4. The molecule has 2 fully saturated rings. The van der Waals surface area contributed by atoms with Gasteiger partial charge in [0.05, 0.1) is 19.8 Å². The standard InChI is InChI=1S/C18H27N3O5S.ClH/c1-3-26-16-5-4-15(20-18(22)13(2)14-11-19-12-14)10-17(16)27(23,24)21-6-8-25-9-7-21;/h4-5,10,13-14,19H,3,6-9,11-12H2,1-2H3,(H,20,22);1H. The van der Waals surface area contributed by atoms with Crippen LogP contribution < -0.4 is 15.4 Å². The van der Waals surface area contributed by atoms with Gasteiger partial charge in [-0.3, -0.25) is 4.79 Å². The number of benzene rings is 1. The molecule has 1 unspecified atom stereocenters. The summed E-state index contributed by atoms with van der Waals surface area (Å²) in [6.45, 7) is 7.04. The first-order valence-electron chi connectivity index (χ1n) is 9.29. The molecule has 2 aliphatic rings. The largest absolute Gasteiger partial charge is 0.492 e. The van der Waals surface area contributed by atoms with Gasteiger partial charge in [-0.1, -0.05) is 6.92 Å². The maximum absolute atomic E-state index is 13.1. The summed E-state index contributed by atoms with van der Waals surface area (Å²) < 4.78 is 38.3. The van der Waals surface area contributed by atoms with Crippen LogP contribution in [0, 0.1) is 11.8 Å². The molecule has 0 aromatic heterocycles. The normalized spacial score (nSPS) is 19.2. The van der Waals surface area contributed by atoms with E-state index in [0.29, 0.717) is 50.3 Å². The first-order chi connectivity index (χ1) is 12.9. The summed E-state index contributed by atoms with van der Waals surface area (Å²) in [5, 5.41) is 6.00. The van der Waals surface area contributed by atoms with Crippen molar-refractivity contribution in [2.75, 3.05) is 51.3 Å². The quantitative estimate of drug-likeness (QED) is 0.673.